The van der Waals surface area contributed by atoms with E-state index >= 15 is 0 Å². The Morgan fingerprint density at radius 3 is 2.45 bits per heavy atom. The fourth-order valence-electron chi connectivity index (χ4n) is 4.07. The van der Waals surface area contributed by atoms with Gasteiger partial charge in [0.2, 0.25) is 10.0 Å². The highest BCUT2D eigenvalue weighted by atomic mass is 32.2. The van der Waals surface area contributed by atoms with Crippen LogP contribution in [0.2, 0.25) is 0 Å². The number of hydrogen-bond acceptors (Lipinski definition) is 4. The Morgan fingerprint density at radius 2 is 1.76 bits per heavy atom. The molecule has 1 aromatic heterocycles. The van der Waals surface area contributed by atoms with Crippen molar-refractivity contribution in [2.45, 2.75) is 31.8 Å². The third kappa shape index (κ3) is 5.43. The third-order valence-electron chi connectivity index (χ3n) is 5.81. The van der Waals surface area contributed by atoms with E-state index in [1.54, 1.807) is 17.2 Å². The molecule has 2 aromatic carbocycles. The van der Waals surface area contributed by atoms with Crippen LogP contribution in [0.15, 0.2) is 65.8 Å². The maximum Gasteiger partial charge on any atom is 0.317 e. The van der Waals surface area contributed by atoms with Gasteiger partial charge in [-0.3, -0.25) is 4.68 Å². The molecule has 0 aliphatic carbocycles. The molecule has 8 nitrogen and oxygen atoms in total. The minimum Gasteiger partial charge on any atom is -0.334 e. The van der Waals surface area contributed by atoms with Gasteiger partial charge in [0.05, 0.1) is 11.4 Å². The second-order valence-electron chi connectivity index (χ2n) is 8.34. The Bertz CT molecular complexity index is 1220. The van der Waals surface area contributed by atoms with Gasteiger partial charge in [0, 0.05) is 45.1 Å². The third-order valence-corrected chi connectivity index (χ3v) is 7.87. The lowest BCUT2D eigenvalue weighted by Gasteiger charge is -2.34. The van der Waals surface area contributed by atoms with Crippen molar-refractivity contribution in [1.82, 2.24) is 24.3 Å². The second kappa shape index (κ2) is 9.76. The predicted octanol–water partition coefficient (Wildman–Crippen LogP) is 2.76. The van der Waals surface area contributed by atoms with Crippen LogP contribution in [0.1, 0.15) is 22.3 Å². The lowest BCUT2D eigenvalue weighted by Crippen LogP contribution is -2.53. The first-order valence-electron chi connectivity index (χ1n) is 11.0. The molecule has 1 aliphatic heterocycles. The van der Waals surface area contributed by atoms with Crippen LogP contribution < -0.4 is 5.32 Å². The van der Waals surface area contributed by atoms with Crippen LogP contribution >= 0.6 is 0 Å². The van der Waals surface area contributed by atoms with E-state index < -0.39 is 10.0 Å². The summed E-state index contributed by atoms with van der Waals surface area (Å²) in [6.07, 6.45) is 3.66. The van der Waals surface area contributed by atoms with Crippen molar-refractivity contribution in [2.24, 2.45) is 0 Å². The SMILES string of the molecule is Cc1ccc(S(=O)(=O)N2CCN(C(=O)NCc3cccc(Cn4cccn4)c3)CC2)c(C)c1. The molecule has 2 heterocycles. The average molecular weight is 468 g/mol. The van der Waals surface area contributed by atoms with Crippen molar-refractivity contribution in [3.8, 4) is 0 Å². The summed E-state index contributed by atoms with van der Waals surface area (Å²) in [5.41, 5.74) is 3.88. The van der Waals surface area contributed by atoms with E-state index in [2.05, 4.69) is 16.5 Å². The molecule has 0 spiro atoms. The van der Waals surface area contributed by atoms with Crippen LogP contribution in [0.25, 0.3) is 0 Å². The number of nitrogens with one attached hydrogen (secondary N) is 1. The number of carbonyl (C=O) groups excluding carboxylic acids is 1. The van der Waals surface area contributed by atoms with Gasteiger partial charge in [0.25, 0.3) is 0 Å². The molecule has 174 valence electrons. The first-order valence-corrected chi connectivity index (χ1v) is 12.4. The molecule has 1 aliphatic rings. The van der Waals surface area contributed by atoms with Gasteiger partial charge < -0.3 is 10.2 Å². The summed E-state index contributed by atoms with van der Waals surface area (Å²) >= 11 is 0. The molecule has 1 N–H and O–H groups in total. The molecule has 2 amide bonds. The molecule has 0 bridgehead atoms. The zero-order valence-corrected chi connectivity index (χ0v) is 19.8. The van der Waals surface area contributed by atoms with Gasteiger partial charge in [-0.1, -0.05) is 42.0 Å². The molecule has 0 saturated carbocycles. The van der Waals surface area contributed by atoms with Crippen molar-refractivity contribution in [2.75, 3.05) is 26.2 Å². The molecular formula is C24H29N5O3S. The fraction of sp³-hybridized carbons (Fsp3) is 0.333. The Hall–Kier alpha value is -3.17. The van der Waals surface area contributed by atoms with Gasteiger partial charge in [0.15, 0.2) is 0 Å². The van der Waals surface area contributed by atoms with E-state index in [1.807, 2.05) is 61.1 Å². The molecule has 1 fully saturated rings. The Kier molecular flexibility index (Phi) is 6.80. The van der Waals surface area contributed by atoms with Gasteiger partial charge >= 0.3 is 6.03 Å². The molecule has 4 rings (SSSR count). The molecule has 0 unspecified atom stereocenters. The van der Waals surface area contributed by atoms with Crippen molar-refractivity contribution in [3.63, 3.8) is 0 Å². The largest absolute Gasteiger partial charge is 0.334 e. The summed E-state index contributed by atoms with van der Waals surface area (Å²) in [7, 11) is -3.57. The number of aryl methyl sites for hydroxylation is 2. The minimum absolute atomic E-state index is 0.184. The van der Waals surface area contributed by atoms with E-state index in [9.17, 15) is 13.2 Å². The van der Waals surface area contributed by atoms with E-state index in [1.165, 1.54) is 4.31 Å². The zero-order valence-electron chi connectivity index (χ0n) is 18.9. The maximum atomic E-state index is 13.1. The summed E-state index contributed by atoms with van der Waals surface area (Å²) in [6.45, 7) is 6.11. The number of piperazine rings is 1. The Morgan fingerprint density at radius 1 is 1.00 bits per heavy atom. The standard InChI is InChI=1S/C24H29N5O3S/c1-19-7-8-23(20(2)15-19)33(31,32)29-13-11-27(12-14-29)24(30)25-17-21-5-3-6-22(16-21)18-28-10-4-9-26-28/h3-10,15-16H,11-14,17-18H2,1-2H3,(H,25,30). The smallest absolute Gasteiger partial charge is 0.317 e. The lowest BCUT2D eigenvalue weighted by atomic mass is 10.1. The van der Waals surface area contributed by atoms with E-state index in [4.69, 9.17) is 0 Å². The average Bonchev–Trinajstić information content (AvgIpc) is 3.30. The summed E-state index contributed by atoms with van der Waals surface area (Å²) < 4.78 is 29.4. The fourth-order valence-corrected chi connectivity index (χ4v) is 5.70. The number of sulfonamides is 1. The highest BCUT2D eigenvalue weighted by Gasteiger charge is 2.31. The lowest BCUT2D eigenvalue weighted by molar-refractivity contribution is 0.172. The van der Waals surface area contributed by atoms with Crippen LogP contribution in [0.5, 0.6) is 0 Å². The number of rotatable bonds is 6. The van der Waals surface area contributed by atoms with Crippen molar-refractivity contribution < 1.29 is 13.2 Å². The topological polar surface area (TPSA) is 87.5 Å². The predicted molar refractivity (Wildman–Crippen MR) is 126 cm³/mol. The van der Waals surface area contributed by atoms with Crippen LogP contribution in [-0.2, 0) is 23.1 Å². The highest BCUT2D eigenvalue weighted by Crippen LogP contribution is 2.22. The summed E-state index contributed by atoms with van der Waals surface area (Å²) in [5.74, 6) is 0. The monoisotopic (exact) mass is 467 g/mol. The number of nitrogens with zero attached hydrogens (tertiary/aromatic N) is 4. The zero-order chi connectivity index (χ0) is 23.4. The molecular weight excluding hydrogens is 438 g/mol. The normalized spacial score (nSPS) is 14.9. The minimum atomic E-state index is -3.57. The first-order chi connectivity index (χ1) is 15.8. The van der Waals surface area contributed by atoms with E-state index in [0.29, 0.717) is 31.1 Å². The van der Waals surface area contributed by atoms with Gasteiger partial charge in [-0.25, -0.2) is 13.2 Å². The van der Waals surface area contributed by atoms with Crippen molar-refractivity contribution in [3.05, 3.63) is 83.2 Å². The molecule has 0 atom stereocenters. The summed E-state index contributed by atoms with van der Waals surface area (Å²) in [6, 6.07) is 15.1. The highest BCUT2D eigenvalue weighted by molar-refractivity contribution is 7.89. The summed E-state index contributed by atoms with van der Waals surface area (Å²) in [4.78, 5) is 14.7. The van der Waals surface area contributed by atoms with Crippen molar-refractivity contribution >= 4 is 16.1 Å². The molecule has 1 saturated heterocycles. The number of amides is 2. The number of urea groups is 1. The Labute approximate surface area is 194 Å². The molecule has 3 aromatic rings. The summed E-state index contributed by atoms with van der Waals surface area (Å²) in [5, 5.41) is 7.17. The van der Waals surface area contributed by atoms with Crippen LogP contribution in [0, 0.1) is 13.8 Å². The van der Waals surface area contributed by atoms with Crippen LogP contribution in [-0.4, -0.2) is 59.6 Å². The first kappa shape index (κ1) is 23.0. The molecule has 0 radical (unpaired) electrons. The van der Waals surface area contributed by atoms with Gasteiger partial charge in [-0.05, 0) is 42.7 Å². The van der Waals surface area contributed by atoms with Gasteiger partial charge in [-0.15, -0.1) is 0 Å². The molecule has 9 heteroatoms. The Balaban J connectivity index is 1.31. The van der Waals surface area contributed by atoms with E-state index in [0.717, 1.165) is 22.3 Å². The van der Waals surface area contributed by atoms with Gasteiger partial charge in [-0.2, -0.15) is 9.40 Å². The van der Waals surface area contributed by atoms with Crippen molar-refractivity contribution in [1.29, 1.82) is 0 Å². The quantitative estimate of drug-likeness (QED) is 0.604. The number of carbonyl (C=O) groups is 1. The number of benzene rings is 2. The number of aromatic nitrogens is 2. The molecule has 33 heavy (non-hydrogen) atoms. The number of hydrogen-bond donors (Lipinski definition) is 1. The van der Waals surface area contributed by atoms with Crippen LogP contribution in [0.3, 0.4) is 0 Å². The van der Waals surface area contributed by atoms with Crippen LogP contribution in [0.4, 0.5) is 4.79 Å². The van der Waals surface area contributed by atoms with E-state index in [-0.39, 0.29) is 19.1 Å². The van der Waals surface area contributed by atoms with Gasteiger partial charge in [0.1, 0.15) is 0 Å². The second-order valence-corrected chi connectivity index (χ2v) is 10.2. The maximum absolute atomic E-state index is 13.1.